The van der Waals surface area contributed by atoms with Crippen LogP contribution in [0.4, 0.5) is 0 Å². The molecule has 5 heteroatoms. The smallest absolute Gasteiger partial charge is 0.222 e. The van der Waals surface area contributed by atoms with Crippen LogP contribution >= 0.6 is 27.3 Å². The van der Waals surface area contributed by atoms with Gasteiger partial charge < -0.3 is 4.90 Å². The molecule has 0 bridgehead atoms. The van der Waals surface area contributed by atoms with Crippen molar-refractivity contribution in [1.82, 2.24) is 4.90 Å². The average molecular weight is 358 g/mol. The number of hydrogen-bond donors (Lipinski definition) is 0. The number of hydrogen-bond acceptors (Lipinski definition) is 3. The predicted octanol–water partition coefficient (Wildman–Crippen LogP) is 3.98. The van der Waals surface area contributed by atoms with Crippen molar-refractivity contribution in [2.24, 2.45) is 11.8 Å². The first kappa shape index (κ1) is 15.7. The Kier molecular flexibility index (Phi) is 5.38. The molecular formula is C15H20BrNO2S. The molecule has 20 heavy (non-hydrogen) atoms. The summed E-state index contributed by atoms with van der Waals surface area (Å²) in [6.07, 6.45) is 2.52. The van der Waals surface area contributed by atoms with Crippen molar-refractivity contribution in [3.8, 4) is 0 Å². The van der Waals surface area contributed by atoms with Crippen LogP contribution in [0, 0.1) is 11.8 Å². The SMILES string of the molecule is CC(C)C1CCC(=O)N(CC(=O)c2sccc2Br)CC1. The summed E-state index contributed by atoms with van der Waals surface area (Å²) in [5.41, 5.74) is 0. The summed E-state index contributed by atoms with van der Waals surface area (Å²) in [6, 6.07) is 1.87. The lowest BCUT2D eigenvalue weighted by Gasteiger charge is -2.21. The lowest BCUT2D eigenvalue weighted by atomic mass is 9.89. The van der Waals surface area contributed by atoms with E-state index < -0.39 is 0 Å². The standard InChI is InChI=1S/C15H20BrNO2S/c1-10(2)11-3-4-14(19)17(7-5-11)9-13(18)15-12(16)6-8-20-15/h6,8,10-11H,3-5,7,9H2,1-2H3. The Morgan fingerprint density at radius 3 is 2.85 bits per heavy atom. The minimum atomic E-state index is 0.0308. The molecule has 1 aliphatic rings. The zero-order valence-electron chi connectivity index (χ0n) is 11.9. The number of thiophene rings is 1. The zero-order valence-corrected chi connectivity index (χ0v) is 14.3. The molecule has 2 heterocycles. The van der Waals surface area contributed by atoms with Crippen molar-refractivity contribution < 1.29 is 9.59 Å². The Hall–Kier alpha value is -0.680. The molecule has 1 atom stereocenters. The van der Waals surface area contributed by atoms with Crippen LogP contribution in [0.1, 0.15) is 42.8 Å². The lowest BCUT2D eigenvalue weighted by molar-refractivity contribution is -0.130. The van der Waals surface area contributed by atoms with Crippen molar-refractivity contribution in [2.45, 2.75) is 33.1 Å². The normalized spacial score (nSPS) is 20.3. The minimum Gasteiger partial charge on any atom is -0.335 e. The Morgan fingerprint density at radius 1 is 1.50 bits per heavy atom. The molecule has 1 aromatic rings. The Balaban J connectivity index is 2.00. The highest BCUT2D eigenvalue weighted by Gasteiger charge is 2.26. The van der Waals surface area contributed by atoms with E-state index >= 15 is 0 Å². The van der Waals surface area contributed by atoms with Gasteiger partial charge in [-0.1, -0.05) is 13.8 Å². The number of rotatable bonds is 4. The third kappa shape index (κ3) is 3.70. The summed E-state index contributed by atoms with van der Waals surface area (Å²) in [7, 11) is 0. The van der Waals surface area contributed by atoms with Gasteiger partial charge in [0.15, 0.2) is 5.78 Å². The van der Waals surface area contributed by atoms with Gasteiger partial charge in [-0.2, -0.15) is 0 Å². The monoisotopic (exact) mass is 357 g/mol. The number of amides is 1. The van der Waals surface area contributed by atoms with E-state index in [1.165, 1.54) is 11.3 Å². The first-order valence-corrected chi connectivity index (χ1v) is 8.70. The molecule has 1 aromatic heterocycles. The van der Waals surface area contributed by atoms with E-state index in [0.29, 0.717) is 29.7 Å². The molecule has 1 amide bonds. The van der Waals surface area contributed by atoms with Gasteiger partial charge in [0.1, 0.15) is 0 Å². The van der Waals surface area contributed by atoms with Crippen LogP contribution in [-0.4, -0.2) is 29.7 Å². The summed E-state index contributed by atoms with van der Waals surface area (Å²) in [4.78, 5) is 26.8. The van der Waals surface area contributed by atoms with E-state index in [1.807, 2.05) is 11.4 Å². The summed E-state index contributed by atoms with van der Waals surface area (Å²) >= 11 is 4.80. The molecule has 0 aliphatic carbocycles. The third-order valence-electron chi connectivity index (χ3n) is 4.00. The predicted molar refractivity (Wildman–Crippen MR) is 85.1 cm³/mol. The van der Waals surface area contributed by atoms with Gasteiger partial charge in [0.25, 0.3) is 0 Å². The first-order valence-electron chi connectivity index (χ1n) is 7.03. The highest BCUT2D eigenvalue weighted by molar-refractivity contribution is 9.10. The van der Waals surface area contributed by atoms with E-state index in [-0.39, 0.29) is 18.2 Å². The molecule has 0 saturated carbocycles. The lowest BCUT2D eigenvalue weighted by Crippen LogP contribution is -2.35. The molecular weight excluding hydrogens is 338 g/mol. The van der Waals surface area contributed by atoms with Gasteiger partial charge in [-0.25, -0.2) is 0 Å². The van der Waals surface area contributed by atoms with Gasteiger partial charge in [-0.3, -0.25) is 9.59 Å². The number of ketones is 1. The number of Topliss-reactive ketones (excluding diaryl/α,β-unsaturated/α-hetero) is 1. The maximum Gasteiger partial charge on any atom is 0.222 e. The van der Waals surface area contributed by atoms with Gasteiger partial charge in [0.2, 0.25) is 5.91 Å². The minimum absolute atomic E-state index is 0.0308. The number of nitrogens with zero attached hydrogens (tertiary/aromatic N) is 1. The average Bonchev–Trinajstić information content (AvgIpc) is 2.73. The highest BCUT2D eigenvalue weighted by Crippen LogP contribution is 2.27. The van der Waals surface area contributed by atoms with E-state index in [0.717, 1.165) is 17.3 Å². The third-order valence-corrected chi connectivity index (χ3v) is 5.88. The molecule has 0 spiro atoms. The fourth-order valence-corrected chi connectivity index (χ4v) is 4.15. The zero-order chi connectivity index (χ0) is 14.7. The highest BCUT2D eigenvalue weighted by atomic mass is 79.9. The first-order chi connectivity index (χ1) is 9.49. The second-order valence-electron chi connectivity index (χ2n) is 5.67. The fraction of sp³-hybridized carbons (Fsp3) is 0.600. The molecule has 1 aliphatic heterocycles. The van der Waals surface area contributed by atoms with Gasteiger partial charge >= 0.3 is 0 Å². The Morgan fingerprint density at radius 2 is 2.25 bits per heavy atom. The van der Waals surface area contributed by atoms with Crippen molar-refractivity contribution in [1.29, 1.82) is 0 Å². The Bertz CT molecular complexity index is 498. The number of carbonyl (C=O) groups is 2. The molecule has 0 radical (unpaired) electrons. The van der Waals surface area contributed by atoms with Crippen molar-refractivity contribution in [2.75, 3.05) is 13.1 Å². The van der Waals surface area contributed by atoms with Crippen LogP contribution in [0.25, 0.3) is 0 Å². The van der Waals surface area contributed by atoms with Crippen LogP contribution in [0.5, 0.6) is 0 Å². The van der Waals surface area contributed by atoms with Crippen LogP contribution in [0.2, 0.25) is 0 Å². The quantitative estimate of drug-likeness (QED) is 0.764. The van der Waals surface area contributed by atoms with E-state index in [4.69, 9.17) is 0 Å². The maximum atomic E-state index is 12.3. The molecule has 1 saturated heterocycles. The van der Waals surface area contributed by atoms with Gasteiger partial charge in [-0.05, 0) is 52.1 Å². The van der Waals surface area contributed by atoms with Crippen LogP contribution in [-0.2, 0) is 4.79 Å². The largest absolute Gasteiger partial charge is 0.335 e. The summed E-state index contributed by atoms with van der Waals surface area (Å²) < 4.78 is 0.829. The van der Waals surface area contributed by atoms with Crippen molar-refractivity contribution >= 4 is 39.0 Å². The van der Waals surface area contributed by atoms with Gasteiger partial charge in [-0.15, -0.1) is 11.3 Å². The Labute approximate surface area is 132 Å². The molecule has 0 aromatic carbocycles. The molecule has 1 unspecified atom stereocenters. The summed E-state index contributed by atoms with van der Waals surface area (Å²) in [5.74, 6) is 1.34. The fourth-order valence-electron chi connectivity index (χ4n) is 2.63. The number of halogens is 1. The van der Waals surface area contributed by atoms with E-state index in [1.54, 1.807) is 4.90 Å². The van der Waals surface area contributed by atoms with Gasteiger partial charge in [0.05, 0.1) is 11.4 Å². The maximum absolute atomic E-state index is 12.3. The van der Waals surface area contributed by atoms with Crippen LogP contribution in [0.15, 0.2) is 15.9 Å². The van der Waals surface area contributed by atoms with E-state index in [9.17, 15) is 9.59 Å². The summed E-state index contributed by atoms with van der Waals surface area (Å²) in [5, 5.41) is 1.89. The molecule has 110 valence electrons. The number of likely N-dealkylation sites (tertiary alicyclic amines) is 1. The van der Waals surface area contributed by atoms with Crippen LogP contribution < -0.4 is 0 Å². The van der Waals surface area contributed by atoms with Crippen molar-refractivity contribution in [3.63, 3.8) is 0 Å². The number of carbonyl (C=O) groups excluding carboxylic acids is 2. The second-order valence-corrected chi connectivity index (χ2v) is 7.44. The second kappa shape index (κ2) is 6.85. The summed E-state index contributed by atoms with van der Waals surface area (Å²) in [6.45, 7) is 5.33. The van der Waals surface area contributed by atoms with Crippen LogP contribution in [0.3, 0.4) is 0 Å². The van der Waals surface area contributed by atoms with Gasteiger partial charge in [0, 0.05) is 17.4 Å². The van der Waals surface area contributed by atoms with Crippen molar-refractivity contribution in [3.05, 3.63) is 20.8 Å². The van der Waals surface area contributed by atoms with E-state index in [2.05, 4.69) is 29.8 Å². The molecule has 1 fully saturated rings. The molecule has 2 rings (SSSR count). The topological polar surface area (TPSA) is 37.4 Å². The molecule has 0 N–H and O–H groups in total. The molecule has 3 nitrogen and oxygen atoms in total.